The number of amides is 2. The fourth-order valence-electron chi connectivity index (χ4n) is 1.94. The van der Waals surface area contributed by atoms with Gasteiger partial charge in [-0.25, -0.2) is 4.79 Å². The quantitative estimate of drug-likeness (QED) is 0.768. The Bertz CT molecular complexity index is 212. The van der Waals surface area contributed by atoms with Crippen molar-refractivity contribution in [2.75, 3.05) is 13.1 Å². The van der Waals surface area contributed by atoms with E-state index in [-0.39, 0.29) is 6.03 Å². The van der Waals surface area contributed by atoms with Crippen molar-refractivity contribution in [3.8, 4) is 0 Å². The highest BCUT2D eigenvalue weighted by atomic mass is 16.2. The molecule has 1 aliphatic carbocycles. The van der Waals surface area contributed by atoms with Crippen molar-refractivity contribution in [3.63, 3.8) is 0 Å². The fraction of sp³-hybridized carbons (Fsp3) is 0.923. The largest absolute Gasteiger partial charge is 0.335 e. The molecule has 2 amide bonds. The molecule has 0 aliphatic heterocycles. The van der Waals surface area contributed by atoms with Crippen LogP contribution in [0.15, 0.2) is 0 Å². The van der Waals surface area contributed by atoms with Gasteiger partial charge in [-0.2, -0.15) is 0 Å². The van der Waals surface area contributed by atoms with Gasteiger partial charge in [-0.15, -0.1) is 0 Å². The van der Waals surface area contributed by atoms with Crippen LogP contribution in [0.4, 0.5) is 4.79 Å². The van der Waals surface area contributed by atoms with Crippen molar-refractivity contribution >= 4 is 6.03 Å². The minimum absolute atomic E-state index is 0.132. The lowest BCUT2D eigenvalue weighted by atomic mass is 9.93. The van der Waals surface area contributed by atoms with Gasteiger partial charge < -0.3 is 10.2 Å². The van der Waals surface area contributed by atoms with Gasteiger partial charge in [0.25, 0.3) is 0 Å². The topological polar surface area (TPSA) is 32.3 Å². The number of nitrogens with one attached hydrogen (secondary N) is 1. The lowest BCUT2D eigenvalue weighted by Gasteiger charge is -2.32. The Morgan fingerprint density at radius 2 is 1.69 bits per heavy atom. The first-order chi connectivity index (χ1) is 7.49. The minimum atomic E-state index is 0.132. The number of hydrogen-bond donors (Lipinski definition) is 1. The highest BCUT2D eigenvalue weighted by Gasteiger charge is 2.23. The molecule has 0 aromatic rings. The third kappa shape index (κ3) is 4.42. The molecule has 3 nitrogen and oxygen atoms in total. The zero-order valence-electron chi connectivity index (χ0n) is 11.1. The summed E-state index contributed by atoms with van der Waals surface area (Å²) in [6.07, 6.45) is 3.57. The molecule has 0 spiro atoms. The molecule has 1 saturated carbocycles. The molecule has 1 aliphatic rings. The van der Waals surface area contributed by atoms with Gasteiger partial charge >= 0.3 is 6.03 Å². The summed E-state index contributed by atoms with van der Waals surface area (Å²) in [6.45, 7) is 10.3. The Labute approximate surface area is 99.6 Å². The van der Waals surface area contributed by atoms with Crippen molar-refractivity contribution in [3.05, 3.63) is 0 Å². The van der Waals surface area contributed by atoms with Crippen molar-refractivity contribution in [2.45, 2.75) is 53.0 Å². The van der Waals surface area contributed by atoms with Crippen LogP contribution in [-0.2, 0) is 0 Å². The van der Waals surface area contributed by atoms with E-state index in [2.05, 4.69) is 33.0 Å². The zero-order chi connectivity index (χ0) is 12.1. The fourth-order valence-corrected chi connectivity index (χ4v) is 1.94. The summed E-state index contributed by atoms with van der Waals surface area (Å²) < 4.78 is 0. The van der Waals surface area contributed by atoms with Gasteiger partial charge in [0.1, 0.15) is 0 Å². The van der Waals surface area contributed by atoms with E-state index in [9.17, 15) is 4.79 Å². The molecule has 0 unspecified atom stereocenters. The summed E-state index contributed by atoms with van der Waals surface area (Å²) in [5, 5.41) is 3.11. The van der Waals surface area contributed by atoms with Crippen LogP contribution in [0.1, 0.15) is 47.0 Å². The normalized spacial score (nSPS) is 16.4. The lowest BCUT2D eigenvalue weighted by molar-refractivity contribution is 0.173. The van der Waals surface area contributed by atoms with Crippen molar-refractivity contribution < 1.29 is 4.79 Å². The van der Waals surface area contributed by atoms with Gasteiger partial charge in [0, 0.05) is 19.1 Å². The lowest BCUT2D eigenvalue weighted by Crippen LogP contribution is -2.49. The van der Waals surface area contributed by atoms with Gasteiger partial charge in [-0.05, 0) is 31.1 Å². The monoisotopic (exact) mass is 226 g/mol. The van der Waals surface area contributed by atoms with E-state index in [1.54, 1.807) is 0 Å². The molecule has 1 N–H and O–H groups in total. The molecule has 1 rings (SSSR count). The van der Waals surface area contributed by atoms with Crippen LogP contribution in [0.3, 0.4) is 0 Å². The molecular formula is C13H26N2O. The standard InChI is InChI=1S/C13H26N2O/c1-10(2)8-15(9-11(3)4)13(16)14-12-6-5-7-12/h10-12H,5-9H2,1-4H3,(H,14,16). The average molecular weight is 226 g/mol. The Balaban J connectivity index is 2.41. The van der Waals surface area contributed by atoms with E-state index < -0.39 is 0 Å². The second kappa shape index (κ2) is 6.12. The van der Waals surface area contributed by atoms with Crippen LogP contribution in [0.25, 0.3) is 0 Å². The van der Waals surface area contributed by atoms with Crippen molar-refractivity contribution in [1.82, 2.24) is 10.2 Å². The van der Waals surface area contributed by atoms with E-state index in [4.69, 9.17) is 0 Å². The maximum atomic E-state index is 12.0. The number of urea groups is 1. The molecule has 3 heteroatoms. The molecule has 0 saturated heterocycles. The van der Waals surface area contributed by atoms with Gasteiger partial charge in [0.2, 0.25) is 0 Å². The van der Waals surface area contributed by atoms with Crippen LogP contribution in [0.2, 0.25) is 0 Å². The maximum absolute atomic E-state index is 12.0. The molecular weight excluding hydrogens is 200 g/mol. The Kier molecular flexibility index (Phi) is 5.10. The molecule has 0 heterocycles. The first-order valence-corrected chi connectivity index (χ1v) is 6.54. The number of nitrogens with zero attached hydrogens (tertiary/aromatic N) is 1. The highest BCUT2D eigenvalue weighted by molar-refractivity contribution is 5.74. The zero-order valence-corrected chi connectivity index (χ0v) is 11.1. The predicted octanol–water partition coefficient (Wildman–Crippen LogP) is 2.86. The molecule has 0 bridgehead atoms. The number of carbonyl (C=O) groups is 1. The number of hydrogen-bond acceptors (Lipinski definition) is 1. The maximum Gasteiger partial charge on any atom is 0.317 e. The SMILES string of the molecule is CC(C)CN(CC(C)C)C(=O)NC1CCC1. The van der Waals surface area contributed by atoms with E-state index in [1.165, 1.54) is 6.42 Å². The van der Waals surface area contributed by atoms with Gasteiger partial charge in [-0.3, -0.25) is 0 Å². The Morgan fingerprint density at radius 3 is 2.00 bits per heavy atom. The predicted molar refractivity (Wildman–Crippen MR) is 67.4 cm³/mol. The molecule has 0 atom stereocenters. The first kappa shape index (κ1) is 13.3. The second-order valence-corrected chi connectivity index (χ2v) is 5.77. The molecule has 16 heavy (non-hydrogen) atoms. The molecule has 0 aromatic heterocycles. The smallest absolute Gasteiger partial charge is 0.317 e. The summed E-state index contributed by atoms with van der Waals surface area (Å²) in [7, 11) is 0. The molecule has 0 aromatic carbocycles. The van der Waals surface area contributed by atoms with Crippen LogP contribution < -0.4 is 5.32 Å². The summed E-state index contributed by atoms with van der Waals surface area (Å²) in [5.74, 6) is 1.07. The average Bonchev–Trinajstić information content (AvgIpc) is 2.08. The summed E-state index contributed by atoms with van der Waals surface area (Å²) in [5.41, 5.74) is 0. The number of rotatable bonds is 5. The minimum Gasteiger partial charge on any atom is -0.335 e. The van der Waals surface area contributed by atoms with Crippen molar-refractivity contribution in [2.24, 2.45) is 11.8 Å². The third-order valence-corrected chi connectivity index (χ3v) is 2.89. The second-order valence-electron chi connectivity index (χ2n) is 5.77. The molecule has 94 valence electrons. The van der Waals surface area contributed by atoms with Crippen LogP contribution >= 0.6 is 0 Å². The van der Waals surface area contributed by atoms with E-state index in [0.29, 0.717) is 17.9 Å². The highest BCUT2D eigenvalue weighted by Crippen LogP contribution is 2.18. The van der Waals surface area contributed by atoms with E-state index in [0.717, 1.165) is 25.9 Å². The van der Waals surface area contributed by atoms with E-state index in [1.807, 2.05) is 4.90 Å². The molecule has 0 radical (unpaired) electrons. The van der Waals surface area contributed by atoms with Crippen LogP contribution in [0, 0.1) is 11.8 Å². The first-order valence-electron chi connectivity index (χ1n) is 6.54. The van der Waals surface area contributed by atoms with Crippen LogP contribution in [0.5, 0.6) is 0 Å². The number of carbonyl (C=O) groups excluding carboxylic acids is 1. The van der Waals surface area contributed by atoms with Crippen LogP contribution in [-0.4, -0.2) is 30.1 Å². The summed E-state index contributed by atoms with van der Waals surface area (Å²) >= 11 is 0. The van der Waals surface area contributed by atoms with Gasteiger partial charge in [0.15, 0.2) is 0 Å². The summed E-state index contributed by atoms with van der Waals surface area (Å²) in [4.78, 5) is 14.0. The summed E-state index contributed by atoms with van der Waals surface area (Å²) in [6, 6.07) is 0.571. The Hall–Kier alpha value is -0.730. The van der Waals surface area contributed by atoms with Gasteiger partial charge in [-0.1, -0.05) is 27.7 Å². The third-order valence-electron chi connectivity index (χ3n) is 2.89. The molecule has 1 fully saturated rings. The van der Waals surface area contributed by atoms with E-state index >= 15 is 0 Å². The van der Waals surface area contributed by atoms with Gasteiger partial charge in [0.05, 0.1) is 0 Å². The Morgan fingerprint density at radius 1 is 1.19 bits per heavy atom. The van der Waals surface area contributed by atoms with Crippen molar-refractivity contribution in [1.29, 1.82) is 0 Å².